The normalized spacial score (nSPS) is 18.8. The summed E-state index contributed by atoms with van der Waals surface area (Å²) in [6.45, 7) is 1.76. The fraction of sp³-hybridized carbons (Fsp3) is 0.500. The summed E-state index contributed by atoms with van der Waals surface area (Å²) in [7, 11) is 0. The smallest absolute Gasteiger partial charge is 0.227 e. The van der Waals surface area contributed by atoms with Crippen molar-refractivity contribution in [3.63, 3.8) is 0 Å². The summed E-state index contributed by atoms with van der Waals surface area (Å²) in [6, 6.07) is 5.91. The Morgan fingerprint density at radius 3 is 3.27 bits per heavy atom. The van der Waals surface area contributed by atoms with Crippen molar-refractivity contribution in [1.82, 2.24) is 15.1 Å². The fourth-order valence-corrected chi connectivity index (χ4v) is 2.91. The van der Waals surface area contributed by atoms with Crippen LogP contribution in [0.2, 0.25) is 0 Å². The quantitative estimate of drug-likeness (QED) is 0.867. The van der Waals surface area contributed by atoms with Crippen LogP contribution in [-0.2, 0) is 16.0 Å². The van der Waals surface area contributed by atoms with Gasteiger partial charge in [0.05, 0.1) is 37.5 Å². The third-order valence-electron chi connectivity index (χ3n) is 4.04. The van der Waals surface area contributed by atoms with Crippen molar-refractivity contribution >= 4 is 16.8 Å². The van der Waals surface area contributed by atoms with Crippen molar-refractivity contribution in [3.8, 4) is 0 Å². The zero-order valence-electron chi connectivity index (χ0n) is 12.5. The van der Waals surface area contributed by atoms with E-state index in [2.05, 4.69) is 10.2 Å². The molecule has 0 radical (unpaired) electrons. The molecule has 0 saturated carbocycles. The molecule has 1 aliphatic heterocycles. The summed E-state index contributed by atoms with van der Waals surface area (Å²) in [5, 5.41) is 16.7. The first-order chi connectivity index (χ1) is 10.8. The number of nitrogens with one attached hydrogen (secondary N) is 1. The number of rotatable bonds is 5. The molecule has 1 unspecified atom stereocenters. The van der Waals surface area contributed by atoms with Crippen LogP contribution in [0, 0.1) is 0 Å². The van der Waals surface area contributed by atoms with Gasteiger partial charge >= 0.3 is 0 Å². The molecule has 1 fully saturated rings. The Hall–Kier alpha value is -1.92. The molecule has 1 aromatic heterocycles. The fourth-order valence-electron chi connectivity index (χ4n) is 2.91. The minimum Gasteiger partial charge on any atom is -0.394 e. The van der Waals surface area contributed by atoms with Crippen LogP contribution in [0.3, 0.4) is 0 Å². The number of nitrogens with zero attached hydrogens (tertiary/aromatic N) is 2. The van der Waals surface area contributed by atoms with E-state index < -0.39 is 0 Å². The highest BCUT2D eigenvalue weighted by molar-refractivity contribution is 5.83. The van der Waals surface area contributed by atoms with Crippen molar-refractivity contribution in [2.24, 2.45) is 0 Å². The minimum atomic E-state index is 0.0230. The van der Waals surface area contributed by atoms with Crippen LogP contribution in [0.25, 0.3) is 10.9 Å². The van der Waals surface area contributed by atoms with Gasteiger partial charge in [0.2, 0.25) is 5.91 Å². The summed E-state index contributed by atoms with van der Waals surface area (Å²) in [5.41, 5.74) is 1.98. The monoisotopic (exact) mass is 303 g/mol. The molecule has 2 N–H and O–H groups in total. The van der Waals surface area contributed by atoms with Gasteiger partial charge in [-0.25, -0.2) is 0 Å². The van der Waals surface area contributed by atoms with E-state index in [-0.39, 0.29) is 18.6 Å². The number of hydrogen-bond acceptors (Lipinski definition) is 4. The molecule has 6 heteroatoms. The van der Waals surface area contributed by atoms with E-state index in [0.717, 1.165) is 35.9 Å². The number of carbonyl (C=O) groups is 1. The van der Waals surface area contributed by atoms with Crippen LogP contribution in [0.15, 0.2) is 24.4 Å². The van der Waals surface area contributed by atoms with Gasteiger partial charge in [0, 0.05) is 18.5 Å². The maximum atomic E-state index is 12.5. The second kappa shape index (κ2) is 6.89. The van der Waals surface area contributed by atoms with E-state index in [1.807, 2.05) is 23.1 Å². The highest BCUT2D eigenvalue weighted by Crippen LogP contribution is 2.17. The van der Waals surface area contributed by atoms with E-state index in [1.54, 1.807) is 6.20 Å². The minimum absolute atomic E-state index is 0.0230. The first-order valence-corrected chi connectivity index (χ1v) is 7.68. The topological polar surface area (TPSA) is 78.5 Å². The molecule has 6 nitrogen and oxygen atoms in total. The predicted octanol–water partition coefficient (Wildman–Crippen LogP) is 1.11. The summed E-state index contributed by atoms with van der Waals surface area (Å²) >= 11 is 0. The second-order valence-electron chi connectivity index (χ2n) is 5.67. The molecule has 2 aromatic rings. The van der Waals surface area contributed by atoms with Gasteiger partial charge in [-0.1, -0.05) is 6.07 Å². The number of hydrogen-bond donors (Lipinski definition) is 2. The van der Waals surface area contributed by atoms with Gasteiger partial charge < -0.3 is 14.7 Å². The van der Waals surface area contributed by atoms with Crippen molar-refractivity contribution in [1.29, 1.82) is 0 Å². The molecular formula is C16H21N3O3. The molecule has 0 spiro atoms. The molecular weight excluding hydrogens is 282 g/mol. The Balaban J connectivity index is 1.60. The van der Waals surface area contributed by atoms with Gasteiger partial charge in [0.25, 0.3) is 0 Å². The third kappa shape index (κ3) is 3.45. The van der Waals surface area contributed by atoms with Gasteiger partial charge in [-0.15, -0.1) is 0 Å². The first kappa shape index (κ1) is 15.0. The highest BCUT2D eigenvalue weighted by Gasteiger charge is 2.24. The van der Waals surface area contributed by atoms with E-state index in [1.165, 1.54) is 0 Å². The van der Waals surface area contributed by atoms with Gasteiger partial charge in [-0.2, -0.15) is 5.10 Å². The Labute approximate surface area is 129 Å². The summed E-state index contributed by atoms with van der Waals surface area (Å²) in [5.74, 6) is 0.125. The van der Waals surface area contributed by atoms with Gasteiger partial charge in [0.1, 0.15) is 0 Å². The molecule has 0 bridgehead atoms. The first-order valence-electron chi connectivity index (χ1n) is 7.68. The van der Waals surface area contributed by atoms with Gasteiger partial charge in [0.15, 0.2) is 0 Å². The lowest BCUT2D eigenvalue weighted by molar-refractivity contribution is -0.134. The lowest BCUT2D eigenvalue weighted by Crippen LogP contribution is -2.44. The van der Waals surface area contributed by atoms with Gasteiger partial charge in [-0.05, 0) is 30.5 Å². The maximum absolute atomic E-state index is 12.5. The highest BCUT2D eigenvalue weighted by atomic mass is 16.5. The number of likely N-dealkylation sites (tertiary alicyclic amines) is 1. The van der Waals surface area contributed by atoms with Crippen LogP contribution in [-0.4, -0.2) is 58.5 Å². The number of fused-ring (bicyclic) bond motifs is 1. The number of aromatic amines is 1. The largest absolute Gasteiger partial charge is 0.394 e. The molecule has 118 valence electrons. The zero-order valence-corrected chi connectivity index (χ0v) is 12.5. The van der Waals surface area contributed by atoms with E-state index in [4.69, 9.17) is 9.84 Å². The Morgan fingerprint density at radius 1 is 1.50 bits per heavy atom. The number of aliphatic hydroxyl groups is 1. The van der Waals surface area contributed by atoms with Gasteiger partial charge in [-0.3, -0.25) is 9.89 Å². The molecule has 1 aliphatic rings. The summed E-state index contributed by atoms with van der Waals surface area (Å²) < 4.78 is 5.55. The maximum Gasteiger partial charge on any atom is 0.227 e. The number of amides is 1. The molecule has 1 aromatic carbocycles. The Kier molecular flexibility index (Phi) is 4.70. The van der Waals surface area contributed by atoms with E-state index >= 15 is 0 Å². The summed E-state index contributed by atoms with van der Waals surface area (Å²) in [6.07, 6.45) is 4.10. The second-order valence-corrected chi connectivity index (χ2v) is 5.67. The van der Waals surface area contributed by atoms with Crippen LogP contribution >= 0.6 is 0 Å². The number of carbonyl (C=O) groups excluding carboxylic acids is 1. The van der Waals surface area contributed by atoms with Crippen molar-refractivity contribution in [2.45, 2.75) is 25.4 Å². The SMILES string of the molecule is O=C(Cc1ccc2[nH]ncc2c1)N1CCCC(OCCO)C1. The lowest BCUT2D eigenvalue weighted by Gasteiger charge is -2.32. The zero-order chi connectivity index (χ0) is 15.4. The third-order valence-corrected chi connectivity index (χ3v) is 4.04. The number of benzene rings is 1. The number of piperidine rings is 1. The number of aliphatic hydroxyl groups excluding tert-OH is 1. The molecule has 1 amide bonds. The summed E-state index contributed by atoms with van der Waals surface area (Å²) in [4.78, 5) is 14.3. The Morgan fingerprint density at radius 2 is 2.41 bits per heavy atom. The van der Waals surface area contributed by atoms with Crippen LogP contribution in [0.1, 0.15) is 18.4 Å². The van der Waals surface area contributed by atoms with Crippen LogP contribution < -0.4 is 0 Å². The molecule has 1 atom stereocenters. The van der Waals surface area contributed by atoms with Crippen LogP contribution in [0.4, 0.5) is 0 Å². The molecule has 0 aliphatic carbocycles. The number of aromatic nitrogens is 2. The number of ether oxygens (including phenoxy) is 1. The molecule has 2 heterocycles. The average molecular weight is 303 g/mol. The molecule has 22 heavy (non-hydrogen) atoms. The van der Waals surface area contributed by atoms with E-state index in [0.29, 0.717) is 19.6 Å². The standard InChI is InChI=1S/C16H21N3O3/c20-6-7-22-14-2-1-5-19(11-14)16(21)9-12-3-4-15-13(8-12)10-17-18-15/h3-4,8,10,14,20H,1-2,5-7,9,11H2,(H,17,18). The average Bonchev–Trinajstić information content (AvgIpc) is 3.01. The van der Waals surface area contributed by atoms with Crippen molar-refractivity contribution in [2.75, 3.05) is 26.3 Å². The van der Waals surface area contributed by atoms with Crippen molar-refractivity contribution in [3.05, 3.63) is 30.0 Å². The van der Waals surface area contributed by atoms with E-state index in [9.17, 15) is 4.79 Å². The molecule has 1 saturated heterocycles. The number of H-pyrrole nitrogens is 1. The lowest BCUT2D eigenvalue weighted by atomic mass is 10.1. The van der Waals surface area contributed by atoms with Crippen LogP contribution in [0.5, 0.6) is 0 Å². The predicted molar refractivity (Wildman–Crippen MR) is 82.4 cm³/mol. The Bertz CT molecular complexity index is 640. The van der Waals surface area contributed by atoms with Crippen molar-refractivity contribution < 1.29 is 14.6 Å². The molecule has 3 rings (SSSR count).